The minimum absolute atomic E-state index is 0.778. The van der Waals surface area contributed by atoms with Crippen LogP contribution in [0.2, 0.25) is 0 Å². The monoisotopic (exact) mass is 367 g/mol. The highest BCUT2D eigenvalue weighted by Gasteiger charge is 2.16. The Morgan fingerprint density at radius 1 is 1.15 bits per heavy atom. The molecule has 1 aliphatic rings. The first-order valence-electron chi connectivity index (χ1n) is 9.45. The Kier molecular flexibility index (Phi) is 5.69. The summed E-state index contributed by atoms with van der Waals surface area (Å²) in [4.78, 5) is 9.14. The number of aromatic amines is 1. The Morgan fingerprint density at radius 2 is 2.00 bits per heavy atom. The van der Waals surface area contributed by atoms with Crippen LogP contribution in [0.25, 0.3) is 0 Å². The number of nitrogens with zero attached hydrogens (tertiary/aromatic N) is 4. The molecule has 2 aromatic heterocycles. The summed E-state index contributed by atoms with van der Waals surface area (Å²) < 4.78 is 2.19. The van der Waals surface area contributed by atoms with Gasteiger partial charge in [-0.2, -0.15) is 0 Å². The molecule has 0 radical (unpaired) electrons. The SMILES string of the molecule is c1ccc(Cn2ccnc2CSc2n[nH]c(CCC3CCCC3)n2)cc1. The first-order chi connectivity index (χ1) is 12.9. The minimum Gasteiger partial charge on any atom is -0.330 e. The molecular weight excluding hydrogens is 342 g/mol. The van der Waals surface area contributed by atoms with Gasteiger partial charge in [0.25, 0.3) is 0 Å². The molecule has 4 rings (SSSR count). The van der Waals surface area contributed by atoms with Gasteiger partial charge < -0.3 is 4.57 Å². The molecule has 26 heavy (non-hydrogen) atoms. The third-order valence-corrected chi connectivity index (χ3v) is 5.95. The second-order valence-corrected chi connectivity index (χ2v) is 7.94. The molecule has 0 bridgehead atoms. The van der Waals surface area contributed by atoms with Gasteiger partial charge in [-0.25, -0.2) is 9.97 Å². The lowest BCUT2D eigenvalue weighted by molar-refractivity contribution is 0.497. The molecule has 2 heterocycles. The maximum atomic E-state index is 4.64. The molecule has 0 atom stereocenters. The summed E-state index contributed by atoms with van der Waals surface area (Å²) in [6, 6.07) is 10.5. The number of hydrogen-bond donors (Lipinski definition) is 1. The molecule has 0 unspecified atom stereocenters. The highest BCUT2D eigenvalue weighted by molar-refractivity contribution is 7.98. The Labute approximate surface area is 158 Å². The van der Waals surface area contributed by atoms with Crippen molar-refractivity contribution in [2.24, 2.45) is 5.92 Å². The Bertz CT molecular complexity index is 804. The van der Waals surface area contributed by atoms with Crippen LogP contribution in [0.5, 0.6) is 0 Å². The van der Waals surface area contributed by atoms with Crippen LogP contribution in [0.15, 0.2) is 47.9 Å². The van der Waals surface area contributed by atoms with Crippen LogP contribution in [0.3, 0.4) is 0 Å². The Morgan fingerprint density at radius 3 is 2.85 bits per heavy atom. The van der Waals surface area contributed by atoms with Crippen molar-refractivity contribution in [3.8, 4) is 0 Å². The van der Waals surface area contributed by atoms with Crippen molar-refractivity contribution in [3.05, 3.63) is 59.9 Å². The van der Waals surface area contributed by atoms with Gasteiger partial charge in [-0.05, 0) is 17.9 Å². The lowest BCUT2D eigenvalue weighted by Crippen LogP contribution is -2.03. The number of aromatic nitrogens is 5. The zero-order chi connectivity index (χ0) is 17.6. The first-order valence-corrected chi connectivity index (χ1v) is 10.4. The summed E-state index contributed by atoms with van der Waals surface area (Å²) >= 11 is 1.65. The number of rotatable bonds is 8. The van der Waals surface area contributed by atoms with Crippen molar-refractivity contribution in [2.45, 2.75) is 56.0 Å². The molecular formula is C20H25N5S. The van der Waals surface area contributed by atoms with E-state index in [1.807, 2.05) is 18.5 Å². The topological polar surface area (TPSA) is 59.4 Å². The van der Waals surface area contributed by atoms with E-state index in [9.17, 15) is 0 Å². The first kappa shape index (κ1) is 17.3. The number of imidazole rings is 1. The lowest BCUT2D eigenvalue weighted by atomic mass is 10.0. The highest BCUT2D eigenvalue weighted by atomic mass is 32.2. The zero-order valence-electron chi connectivity index (χ0n) is 15.0. The van der Waals surface area contributed by atoms with Crippen LogP contribution < -0.4 is 0 Å². The third-order valence-electron chi connectivity index (χ3n) is 5.10. The highest BCUT2D eigenvalue weighted by Crippen LogP contribution is 2.28. The van der Waals surface area contributed by atoms with Gasteiger partial charge in [0.15, 0.2) is 0 Å². The third kappa shape index (κ3) is 4.55. The fourth-order valence-corrected chi connectivity index (χ4v) is 4.41. The van der Waals surface area contributed by atoms with E-state index in [0.29, 0.717) is 0 Å². The van der Waals surface area contributed by atoms with Gasteiger partial charge >= 0.3 is 0 Å². The second-order valence-electron chi connectivity index (χ2n) is 7.00. The predicted molar refractivity (Wildman–Crippen MR) is 104 cm³/mol. The Balaban J connectivity index is 1.30. The van der Waals surface area contributed by atoms with Gasteiger partial charge in [0.05, 0.1) is 5.75 Å². The molecule has 0 aliphatic heterocycles. The molecule has 6 heteroatoms. The van der Waals surface area contributed by atoms with E-state index in [1.165, 1.54) is 37.7 Å². The minimum atomic E-state index is 0.778. The Hall–Kier alpha value is -2.08. The van der Waals surface area contributed by atoms with E-state index in [0.717, 1.165) is 41.4 Å². The summed E-state index contributed by atoms with van der Waals surface area (Å²) in [6.45, 7) is 0.845. The molecule has 5 nitrogen and oxygen atoms in total. The number of benzene rings is 1. The largest absolute Gasteiger partial charge is 0.330 e. The van der Waals surface area contributed by atoms with Gasteiger partial charge in [-0.15, -0.1) is 5.10 Å². The van der Waals surface area contributed by atoms with E-state index < -0.39 is 0 Å². The molecule has 3 aromatic rings. The van der Waals surface area contributed by atoms with Gasteiger partial charge in [0, 0.05) is 25.4 Å². The number of aryl methyl sites for hydroxylation is 1. The van der Waals surface area contributed by atoms with Crippen molar-refractivity contribution in [2.75, 3.05) is 0 Å². The van der Waals surface area contributed by atoms with Crippen LogP contribution in [0.4, 0.5) is 0 Å². The molecule has 1 N–H and O–H groups in total. The van der Waals surface area contributed by atoms with Crippen LogP contribution >= 0.6 is 11.8 Å². The molecule has 0 amide bonds. The average Bonchev–Trinajstić information content (AvgIpc) is 3.42. The number of thioether (sulfide) groups is 1. The van der Waals surface area contributed by atoms with Crippen LogP contribution in [-0.4, -0.2) is 24.7 Å². The summed E-state index contributed by atoms with van der Waals surface area (Å²) in [5.41, 5.74) is 1.28. The van der Waals surface area contributed by atoms with E-state index in [1.54, 1.807) is 11.8 Å². The van der Waals surface area contributed by atoms with Gasteiger partial charge in [-0.1, -0.05) is 67.8 Å². The zero-order valence-corrected chi connectivity index (χ0v) is 15.8. The number of hydrogen-bond acceptors (Lipinski definition) is 4. The van der Waals surface area contributed by atoms with Crippen LogP contribution in [-0.2, 0) is 18.7 Å². The quantitative estimate of drug-likeness (QED) is 0.597. The summed E-state index contributed by atoms with van der Waals surface area (Å²) in [6.07, 6.45) is 11.7. The fraction of sp³-hybridized carbons (Fsp3) is 0.450. The van der Waals surface area contributed by atoms with Gasteiger partial charge in [0.1, 0.15) is 11.6 Å². The van der Waals surface area contributed by atoms with E-state index in [4.69, 9.17) is 0 Å². The van der Waals surface area contributed by atoms with Crippen LogP contribution in [0, 0.1) is 5.92 Å². The smallest absolute Gasteiger partial charge is 0.208 e. The molecule has 1 saturated carbocycles. The maximum absolute atomic E-state index is 4.64. The summed E-state index contributed by atoms with van der Waals surface area (Å²) in [5, 5.41) is 8.29. The van der Waals surface area contributed by atoms with Crippen LogP contribution in [0.1, 0.15) is 49.3 Å². The molecule has 1 fully saturated rings. The molecule has 1 aromatic carbocycles. The standard InChI is InChI=1S/C20H25N5S/c1-2-8-17(9-3-1)14-25-13-12-21-19(25)15-26-20-22-18(23-24-20)11-10-16-6-4-5-7-16/h1-3,8-9,12-13,16H,4-7,10-11,14-15H2,(H,22,23,24). The van der Waals surface area contributed by atoms with Gasteiger partial charge in [0.2, 0.25) is 5.16 Å². The molecule has 0 saturated heterocycles. The maximum Gasteiger partial charge on any atom is 0.208 e. The van der Waals surface area contributed by atoms with Crippen molar-refractivity contribution in [1.82, 2.24) is 24.7 Å². The lowest BCUT2D eigenvalue weighted by Gasteiger charge is -2.07. The van der Waals surface area contributed by atoms with E-state index in [-0.39, 0.29) is 0 Å². The van der Waals surface area contributed by atoms with E-state index in [2.05, 4.69) is 49.0 Å². The number of H-pyrrole nitrogens is 1. The predicted octanol–water partition coefficient (Wildman–Crippen LogP) is 4.46. The van der Waals surface area contributed by atoms with Crippen molar-refractivity contribution in [1.29, 1.82) is 0 Å². The summed E-state index contributed by atoms with van der Waals surface area (Å²) in [5.74, 6) is 3.74. The summed E-state index contributed by atoms with van der Waals surface area (Å²) in [7, 11) is 0. The molecule has 136 valence electrons. The number of nitrogens with one attached hydrogen (secondary N) is 1. The molecule has 0 spiro atoms. The molecule has 1 aliphatic carbocycles. The average molecular weight is 368 g/mol. The normalized spacial score (nSPS) is 14.9. The van der Waals surface area contributed by atoms with Crippen molar-refractivity contribution < 1.29 is 0 Å². The second kappa shape index (κ2) is 8.54. The van der Waals surface area contributed by atoms with Gasteiger partial charge in [-0.3, -0.25) is 5.10 Å². The fourth-order valence-electron chi connectivity index (χ4n) is 3.63. The van der Waals surface area contributed by atoms with E-state index >= 15 is 0 Å². The van der Waals surface area contributed by atoms with Crippen molar-refractivity contribution in [3.63, 3.8) is 0 Å². The van der Waals surface area contributed by atoms with Crippen molar-refractivity contribution >= 4 is 11.8 Å².